The lowest BCUT2D eigenvalue weighted by atomic mass is 9.95. The van der Waals surface area contributed by atoms with Crippen LogP contribution in [0.1, 0.15) is 30.4 Å². The second-order valence-electron chi connectivity index (χ2n) is 5.81. The van der Waals surface area contributed by atoms with E-state index in [-0.39, 0.29) is 0 Å². The lowest BCUT2D eigenvalue weighted by molar-refractivity contribution is 0.236. The highest BCUT2D eigenvalue weighted by Gasteiger charge is 2.26. The van der Waals surface area contributed by atoms with E-state index in [1.807, 2.05) is 0 Å². The third kappa shape index (κ3) is 3.33. The van der Waals surface area contributed by atoms with Gasteiger partial charge in [0.1, 0.15) is 0 Å². The number of hydrogen-bond acceptors (Lipinski definition) is 2. The minimum atomic E-state index is 0.754. The highest BCUT2D eigenvalue weighted by Crippen LogP contribution is 2.31. The molecule has 0 radical (unpaired) electrons. The monoisotopic (exact) mass is 246 g/mol. The molecule has 2 atom stereocenters. The van der Waals surface area contributed by atoms with Gasteiger partial charge in [0.25, 0.3) is 0 Å². The molecule has 0 saturated heterocycles. The summed E-state index contributed by atoms with van der Waals surface area (Å²) in [6.45, 7) is 5.31. The molecule has 2 nitrogen and oxygen atoms in total. The van der Waals surface area contributed by atoms with Crippen LogP contribution in [-0.4, -0.2) is 25.0 Å². The predicted molar refractivity (Wildman–Crippen MR) is 77.4 cm³/mol. The Bertz CT molecular complexity index is 375. The average Bonchev–Trinajstić information content (AvgIpc) is 2.79. The Kier molecular flexibility index (Phi) is 4.79. The summed E-state index contributed by atoms with van der Waals surface area (Å²) >= 11 is 0. The Labute approximate surface area is 111 Å². The van der Waals surface area contributed by atoms with E-state index in [2.05, 4.69) is 43.1 Å². The van der Waals surface area contributed by atoms with Crippen molar-refractivity contribution >= 4 is 0 Å². The summed E-state index contributed by atoms with van der Waals surface area (Å²) in [5.41, 5.74) is 8.70. The third-order valence-electron chi connectivity index (χ3n) is 4.37. The molecular weight excluding hydrogens is 220 g/mol. The van der Waals surface area contributed by atoms with Crippen molar-refractivity contribution in [1.29, 1.82) is 0 Å². The van der Waals surface area contributed by atoms with Crippen LogP contribution in [0.4, 0.5) is 0 Å². The summed E-state index contributed by atoms with van der Waals surface area (Å²) in [5, 5.41) is 0. The predicted octanol–water partition coefficient (Wildman–Crippen LogP) is 2.80. The number of hydrogen-bond donors (Lipinski definition) is 1. The van der Waals surface area contributed by atoms with Crippen LogP contribution in [0.15, 0.2) is 24.3 Å². The van der Waals surface area contributed by atoms with Crippen LogP contribution < -0.4 is 5.73 Å². The van der Waals surface area contributed by atoms with Gasteiger partial charge in [-0.05, 0) is 56.3 Å². The maximum Gasteiger partial charge on any atom is 0.0233 e. The van der Waals surface area contributed by atoms with Crippen molar-refractivity contribution in [2.45, 2.75) is 32.7 Å². The lowest BCUT2D eigenvalue weighted by Crippen LogP contribution is -2.30. The van der Waals surface area contributed by atoms with Gasteiger partial charge in [0.05, 0.1) is 0 Å². The Morgan fingerprint density at radius 1 is 1.22 bits per heavy atom. The molecule has 2 unspecified atom stereocenters. The summed E-state index contributed by atoms with van der Waals surface area (Å²) < 4.78 is 0. The average molecular weight is 246 g/mol. The van der Waals surface area contributed by atoms with Crippen molar-refractivity contribution in [3.05, 3.63) is 35.4 Å². The molecule has 1 aromatic rings. The van der Waals surface area contributed by atoms with E-state index in [1.165, 1.54) is 36.9 Å². The highest BCUT2D eigenvalue weighted by atomic mass is 15.1. The molecule has 2 N–H and O–H groups in total. The third-order valence-corrected chi connectivity index (χ3v) is 4.37. The highest BCUT2D eigenvalue weighted by molar-refractivity contribution is 5.25. The SMILES string of the molecule is Cc1ccccc1CN(C)CC1CCCC1CN. The first-order valence-corrected chi connectivity index (χ1v) is 7.14. The first-order valence-electron chi connectivity index (χ1n) is 7.14. The zero-order valence-corrected chi connectivity index (χ0v) is 11.7. The maximum absolute atomic E-state index is 5.86. The quantitative estimate of drug-likeness (QED) is 0.865. The van der Waals surface area contributed by atoms with Gasteiger partial charge >= 0.3 is 0 Å². The van der Waals surface area contributed by atoms with Gasteiger partial charge in [-0.2, -0.15) is 0 Å². The molecule has 1 saturated carbocycles. The largest absolute Gasteiger partial charge is 0.330 e. The van der Waals surface area contributed by atoms with Gasteiger partial charge in [-0.1, -0.05) is 30.7 Å². The topological polar surface area (TPSA) is 29.3 Å². The van der Waals surface area contributed by atoms with E-state index in [0.29, 0.717) is 0 Å². The van der Waals surface area contributed by atoms with Gasteiger partial charge in [0, 0.05) is 13.1 Å². The van der Waals surface area contributed by atoms with E-state index in [0.717, 1.165) is 24.9 Å². The summed E-state index contributed by atoms with van der Waals surface area (Å²) in [5.74, 6) is 1.56. The number of nitrogens with zero attached hydrogens (tertiary/aromatic N) is 1. The molecule has 1 aliphatic rings. The van der Waals surface area contributed by atoms with Gasteiger partial charge in [-0.3, -0.25) is 0 Å². The zero-order valence-electron chi connectivity index (χ0n) is 11.7. The molecule has 18 heavy (non-hydrogen) atoms. The number of rotatable bonds is 5. The number of aryl methyl sites for hydroxylation is 1. The molecule has 0 bridgehead atoms. The molecule has 1 aromatic carbocycles. The minimum Gasteiger partial charge on any atom is -0.330 e. The van der Waals surface area contributed by atoms with Gasteiger partial charge in [0.2, 0.25) is 0 Å². The summed E-state index contributed by atoms with van der Waals surface area (Å²) in [6, 6.07) is 8.68. The first kappa shape index (κ1) is 13.6. The van der Waals surface area contributed by atoms with Crippen LogP contribution in [0.25, 0.3) is 0 Å². The summed E-state index contributed by atoms with van der Waals surface area (Å²) in [6.07, 6.45) is 4.06. The molecule has 0 spiro atoms. The molecule has 0 amide bonds. The van der Waals surface area contributed by atoms with Crippen LogP contribution in [0, 0.1) is 18.8 Å². The first-order chi connectivity index (χ1) is 8.70. The molecule has 1 fully saturated rings. The van der Waals surface area contributed by atoms with E-state index in [9.17, 15) is 0 Å². The van der Waals surface area contributed by atoms with Gasteiger partial charge in [-0.15, -0.1) is 0 Å². The fourth-order valence-electron chi connectivity index (χ4n) is 3.21. The second-order valence-corrected chi connectivity index (χ2v) is 5.81. The van der Waals surface area contributed by atoms with Gasteiger partial charge < -0.3 is 10.6 Å². The van der Waals surface area contributed by atoms with E-state index in [4.69, 9.17) is 5.73 Å². The van der Waals surface area contributed by atoms with Crippen molar-refractivity contribution in [2.24, 2.45) is 17.6 Å². The van der Waals surface area contributed by atoms with Crippen molar-refractivity contribution in [3.63, 3.8) is 0 Å². The van der Waals surface area contributed by atoms with Gasteiger partial charge in [-0.25, -0.2) is 0 Å². The molecule has 100 valence electrons. The lowest BCUT2D eigenvalue weighted by Gasteiger charge is -2.25. The summed E-state index contributed by atoms with van der Waals surface area (Å²) in [7, 11) is 2.23. The van der Waals surface area contributed by atoms with Gasteiger partial charge in [0.15, 0.2) is 0 Å². The normalized spacial score (nSPS) is 23.8. The maximum atomic E-state index is 5.86. The number of benzene rings is 1. The van der Waals surface area contributed by atoms with Crippen molar-refractivity contribution in [1.82, 2.24) is 4.90 Å². The fourth-order valence-corrected chi connectivity index (χ4v) is 3.21. The van der Waals surface area contributed by atoms with Crippen LogP contribution in [0.3, 0.4) is 0 Å². The van der Waals surface area contributed by atoms with E-state index >= 15 is 0 Å². The van der Waals surface area contributed by atoms with Crippen LogP contribution >= 0.6 is 0 Å². The van der Waals surface area contributed by atoms with E-state index in [1.54, 1.807) is 0 Å². The number of nitrogens with two attached hydrogens (primary N) is 1. The Morgan fingerprint density at radius 2 is 1.94 bits per heavy atom. The molecule has 0 aromatic heterocycles. The zero-order chi connectivity index (χ0) is 13.0. The van der Waals surface area contributed by atoms with Crippen molar-refractivity contribution in [3.8, 4) is 0 Å². The Balaban J connectivity index is 1.89. The Morgan fingerprint density at radius 3 is 2.67 bits per heavy atom. The molecule has 0 aliphatic heterocycles. The van der Waals surface area contributed by atoms with Crippen molar-refractivity contribution < 1.29 is 0 Å². The molecule has 0 heterocycles. The minimum absolute atomic E-state index is 0.754. The smallest absolute Gasteiger partial charge is 0.0233 e. The molecule has 2 rings (SSSR count). The second kappa shape index (κ2) is 6.35. The standard InChI is InChI=1S/C16H26N2/c1-13-6-3-4-7-15(13)11-18(2)12-16-9-5-8-14(16)10-17/h3-4,6-7,14,16H,5,8-12,17H2,1-2H3. The van der Waals surface area contributed by atoms with Crippen LogP contribution in [-0.2, 0) is 6.54 Å². The van der Waals surface area contributed by atoms with Crippen molar-refractivity contribution in [2.75, 3.05) is 20.1 Å². The summed E-state index contributed by atoms with van der Waals surface area (Å²) in [4.78, 5) is 2.46. The Hall–Kier alpha value is -0.860. The molecule has 2 heteroatoms. The fraction of sp³-hybridized carbons (Fsp3) is 0.625. The molecule has 1 aliphatic carbocycles. The molecular formula is C16H26N2. The van der Waals surface area contributed by atoms with Crippen LogP contribution in [0.2, 0.25) is 0 Å². The van der Waals surface area contributed by atoms with E-state index < -0.39 is 0 Å². The van der Waals surface area contributed by atoms with Crippen LogP contribution in [0.5, 0.6) is 0 Å².